The van der Waals surface area contributed by atoms with Crippen molar-refractivity contribution in [1.82, 2.24) is 5.32 Å². The number of esters is 1. The molecule has 2 rings (SSSR count). The van der Waals surface area contributed by atoms with E-state index in [4.69, 9.17) is 18.9 Å². The van der Waals surface area contributed by atoms with Crippen molar-refractivity contribution in [2.24, 2.45) is 0 Å². The van der Waals surface area contributed by atoms with Crippen LogP contribution in [0, 0.1) is 0 Å². The minimum atomic E-state index is -2.43. The monoisotopic (exact) mass is 399 g/mol. The topological polar surface area (TPSA) is 106 Å². The molecular weight excluding hydrogens is 373 g/mol. The highest BCUT2D eigenvalue weighted by molar-refractivity contribution is 7.50. The molecule has 0 aromatic heterocycles. The molecule has 1 saturated heterocycles. The normalized spacial score (nSPS) is 19.1. The fourth-order valence-corrected chi connectivity index (χ4v) is 3.44. The van der Waals surface area contributed by atoms with E-state index in [1.54, 1.807) is 32.0 Å². The van der Waals surface area contributed by atoms with Crippen LogP contribution in [0.3, 0.4) is 0 Å². The second kappa shape index (κ2) is 10.7. The molecule has 150 valence electrons. The zero-order chi connectivity index (χ0) is 19.8. The first kappa shape index (κ1) is 21.8. The number of hydrogen-bond acceptors (Lipinski definition) is 8. The number of methoxy groups -OCH3 is 1. The van der Waals surface area contributed by atoms with Crippen LogP contribution in [0.15, 0.2) is 35.3 Å². The molecule has 0 spiro atoms. The van der Waals surface area contributed by atoms with E-state index in [0.717, 1.165) is 5.56 Å². The summed E-state index contributed by atoms with van der Waals surface area (Å²) in [5.41, 5.74) is 1.33. The highest BCUT2D eigenvalue weighted by atomic mass is 31.2. The molecular formula is C18H26NO7P. The zero-order valence-electron chi connectivity index (χ0n) is 15.7. The second-order valence-electron chi connectivity index (χ2n) is 5.70. The van der Waals surface area contributed by atoms with E-state index in [9.17, 15) is 14.6 Å². The second-order valence-corrected chi connectivity index (χ2v) is 6.76. The van der Waals surface area contributed by atoms with Crippen LogP contribution in [-0.2, 0) is 18.9 Å². The molecule has 1 heterocycles. The lowest BCUT2D eigenvalue weighted by Gasteiger charge is -2.31. The van der Waals surface area contributed by atoms with E-state index >= 15 is 0 Å². The number of hydrogen-bond donors (Lipinski definition) is 3. The van der Waals surface area contributed by atoms with Crippen molar-refractivity contribution in [2.75, 3.05) is 33.5 Å². The Kier molecular flexibility index (Phi) is 8.63. The average molecular weight is 399 g/mol. The molecule has 27 heavy (non-hydrogen) atoms. The summed E-state index contributed by atoms with van der Waals surface area (Å²) in [5, 5.41) is 3.50. The minimum Gasteiger partial charge on any atom is -0.494 e. The van der Waals surface area contributed by atoms with Gasteiger partial charge in [-0.25, -0.2) is 4.79 Å². The summed E-state index contributed by atoms with van der Waals surface area (Å²) in [6.45, 7) is 4.86. The highest BCUT2D eigenvalue weighted by Gasteiger charge is 2.30. The number of nitrogens with one attached hydrogen (secondary N) is 1. The fraction of sp³-hybridized carbons (Fsp3) is 0.500. The molecule has 1 fully saturated rings. The largest absolute Gasteiger partial charge is 0.494 e. The van der Waals surface area contributed by atoms with Crippen molar-refractivity contribution in [2.45, 2.75) is 26.2 Å². The molecule has 0 aliphatic carbocycles. The molecule has 1 atom stereocenters. The van der Waals surface area contributed by atoms with Gasteiger partial charge in [0.25, 0.3) is 0 Å². The van der Waals surface area contributed by atoms with Gasteiger partial charge < -0.3 is 34.1 Å². The molecule has 0 unspecified atom stereocenters. The first-order valence-electron chi connectivity index (χ1n) is 8.70. The summed E-state index contributed by atoms with van der Waals surface area (Å²) in [6, 6.07) is 6.94. The maximum absolute atomic E-state index is 11.7. The Bertz CT molecular complexity index is 649. The average Bonchev–Trinajstić information content (AvgIpc) is 2.68. The Balaban J connectivity index is 2.16. The molecule has 9 heteroatoms. The molecule has 8 nitrogen and oxygen atoms in total. The highest BCUT2D eigenvalue weighted by Crippen LogP contribution is 2.42. The van der Waals surface area contributed by atoms with E-state index in [1.807, 2.05) is 6.07 Å². The third-order valence-electron chi connectivity index (χ3n) is 4.00. The van der Waals surface area contributed by atoms with Crippen LogP contribution < -0.4 is 5.32 Å². The van der Waals surface area contributed by atoms with Crippen molar-refractivity contribution in [1.29, 1.82) is 0 Å². The molecule has 0 saturated carbocycles. The van der Waals surface area contributed by atoms with Gasteiger partial charge in [0.15, 0.2) is 6.29 Å². The van der Waals surface area contributed by atoms with Crippen LogP contribution in [0.1, 0.15) is 35.8 Å². The van der Waals surface area contributed by atoms with Crippen molar-refractivity contribution in [3.8, 4) is 0 Å². The van der Waals surface area contributed by atoms with E-state index in [1.165, 1.54) is 7.11 Å². The number of ether oxygens (including phenoxy) is 4. The Hall–Kier alpha value is -1.54. The first-order chi connectivity index (χ1) is 13.0. The van der Waals surface area contributed by atoms with Gasteiger partial charge in [-0.05, 0) is 31.5 Å². The number of carbonyl (C=O) groups is 1. The van der Waals surface area contributed by atoms with Crippen molar-refractivity contribution < 1.29 is 33.5 Å². The van der Waals surface area contributed by atoms with Crippen LogP contribution in [0.4, 0.5) is 0 Å². The molecule has 1 aliphatic rings. The van der Waals surface area contributed by atoms with Gasteiger partial charge >= 0.3 is 5.97 Å². The van der Waals surface area contributed by atoms with E-state index in [2.05, 4.69) is 5.32 Å². The third kappa shape index (κ3) is 5.72. The van der Waals surface area contributed by atoms with Gasteiger partial charge in [-0.15, -0.1) is 0 Å². The third-order valence-corrected chi connectivity index (χ3v) is 4.90. The summed E-state index contributed by atoms with van der Waals surface area (Å²) >= 11 is 0. The number of carbonyl (C=O) groups excluding carboxylic acids is 1. The SMILES string of the molecule is CCOC(OCC)C(=C1CN[C@@H](c2cccc(C(=O)OC)c2)CO1)P(O)O. The van der Waals surface area contributed by atoms with Crippen molar-refractivity contribution >= 4 is 14.3 Å². The van der Waals surface area contributed by atoms with Gasteiger partial charge in [0.05, 0.1) is 25.3 Å². The molecule has 1 aromatic carbocycles. The van der Waals surface area contributed by atoms with Crippen LogP contribution in [-0.4, -0.2) is 55.5 Å². The summed E-state index contributed by atoms with van der Waals surface area (Å²) < 4.78 is 21.5. The maximum Gasteiger partial charge on any atom is 0.337 e. The summed E-state index contributed by atoms with van der Waals surface area (Å²) in [4.78, 5) is 31.4. The summed E-state index contributed by atoms with van der Waals surface area (Å²) in [7, 11) is -1.09. The molecule has 0 radical (unpaired) electrons. The summed E-state index contributed by atoms with van der Waals surface area (Å²) in [5.74, 6) is -0.00249. The number of benzene rings is 1. The number of rotatable bonds is 8. The first-order valence-corrected chi connectivity index (χ1v) is 9.95. The van der Waals surface area contributed by atoms with Crippen LogP contribution >= 0.6 is 8.38 Å². The van der Waals surface area contributed by atoms with Crippen LogP contribution in [0.2, 0.25) is 0 Å². The maximum atomic E-state index is 11.7. The van der Waals surface area contributed by atoms with Gasteiger partial charge in [0.2, 0.25) is 8.38 Å². The Morgan fingerprint density at radius 2 is 2.04 bits per heavy atom. The predicted molar refractivity (Wildman–Crippen MR) is 99.9 cm³/mol. The quantitative estimate of drug-likeness (QED) is 0.346. The molecule has 0 bridgehead atoms. The predicted octanol–water partition coefficient (Wildman–Crippen LogP) is 2.04. The minimum absolute atomic E-state index is 0.152. The van der Waals surface area contributed by atoms with Gasteiger partial charge in [-0.1, -0.05) is 12.1 Å². The molecule has 3 N–H and O–H groups in total. The molecule has 0 amide bonds. The number of morpholine rings is 1. The Morgan fingerprint density at radius 1 is 1.33 bits per heavy atom. The Morgan fingerprint density at radius 3 is 2.56 bits per heavy atom. The van der Waals surface area contributed by atoms with Gasteiger partial charge in [0, 0.05) is 13.2 Å². The lowest BCUT2D eigenvalue weighted by molar-refractivity contribution is -0.110. The van der Waals surface area contributed by atoms with Crippen LogP contribution in [0.5, 0.6) is 0 Å². The van der Waals surface area contributed by atoms with Gasteiger partial charge in [0.1, 0.15) is 17.7 Å². The van der Waals surface area contributed by atoms with Gasteiger partial charge in [-0.3, -0.25) is 0 Å². The van der Waals surface area contributed by atoms with Crippen LogP contribution in [0.25, 0.3) is 0 Å². The lowest BCUT2D eigenvalue weighted by Crippen LogP contribution is -2.35. The smallest absolute Gasteiger partial charge is 0.337 e. The molecule has 1 aromatic rings. The zero-order valence-corrected chi connectivity index (χ0v) is 16.6. The Labute approximate surface area is 160 Å². The van der Waals surface area contributed by atoms with E-state index < -0.39 is 20.6 Å². The lowest BCUT2D eigenvalue weighted by atomic mass is 10.0. The van der Waals surface area contributed by atoms with E-state index in [-0.39, 0.29) is 24.5 Å². The van der Waals surface area contributed by atoms with Gasteiger partial charge in [-0.2, -0.15) is 0 Å². The van der Waals surface area contributed by atoms with Crippen molar-refractivity contribution in [3.63, 3.8) is 0 Å². The molecule has 1 aliphatic heterocycles. The van der Waals surface area contributed by atoms with Crippen molar-refractivity contribution in [3.05, 3.63) is 46.5 Å². The summed E-state index contributed by atoms with van der Waals surface area (Å²) in [6.07, 6.45) is -0.864. The van der Waals surface area contributed by atoms with E-state index in [0.29, 0.717) is 24.5 Å². The standard InChI is InChI=1S/C18H26NO7P/c1-4-24-18(25-5-2)16(27(21)22)15-10-19-14(11-26-15)12-7-6-8-13(9-12)17(20)23-3/h6-9,14,18-19,21-22H,4-5,10-11H2,1-3H3/t14-/m1/s1. The fourth-order valence-electron chi connectivity index (χ4n) is 2.73.